The van der Waals surface area contributed by atoms with Gasteiger partial charge in [0.05, 0.1) is 17.1 Å². The molecule has 202 valence electrons. The van der Waals surface area contributed by atoms with Gasteiger partial charge in [-0.2, -0.15) is 0 Å². The highest BCUT2D eigenvalue weighted by atomic mass is 35.5. The number of hydrogen-bond donors (Lipinski definition) is 4. The molecule has 9 heteroatoms. The van der Waals surface area contributed by atoms with Crippen LogP contribution in [0.5, 0.6) is 11.5 Å². The fourth-order valence-electron chi connectivity index (χ4n) is 3.56. The maximum absolute atomic E-state index is 8.32. The molecule has 0 radical (unpaired) electrons. The Morgan fingerprint density at radius 1 is 1.18 bits per heavy atom. The van der Waals surface area contributed by atoms with Crippen molar-refractivity contribution in [3.05, 3.63) is 83.8 Å². The summed E-state index contributed by atoms with van der Waals surface area (Å²) in [4.78, 5) is 8.74. The summed E-state index contributed by atoms with van der Waals surface area (Å²) in [5.41, 5.74) is 15.6. The molecule has 0 amide bonds. The first-order chi connectivity index (χ1) is 18.0. The van der Waals surface area contributed by atoms with Crippen LogP contribution in [0.1, 0.15) is 33.3 Å². The zero-order valence-corrected chi connectivity index (χ0v) is 23.2. The highest BCUT2D eigenvalue weighted by Crippen LogP contribution is 2.34. The van der Waals surface area contributed by atoms with Crippen LogP contribution in [0.25, 0.3) is 11.0 Å². The van der Waals surface area contributed by atoms with Crippen LogP contribution >= 0.6 is 11.6 Å². The zero-order chi connectivity index (χ0) is 27.9. The Labute approximate surface area is 229 Å². The number of nitrogens with zero attached hydrogens (tertiary/aromatic N) is 3. The van der Waals surface area contributed by atoms with Gasteiger partial charge in [-0.25, -0.2) is 9.97 Å². The van der Waals surface area contributed by atoms with Crippen molar-refractivity contribution in [1.82, 2.24) is 14.5 Å². The molecule has 0 saturated heterocycles. The Morgan fingerprint density at radius 2 is 1.95 bits per heavy atom. The average Bonchev–Trinajstić information content (AvgIpc) is 3.29. The number of fused-ring (bicyclic) bond motifs is 1. The van der Waals surface area contributed by atoms with E-state index in [1.807, 2.05) is 53.2 Å². The number of rotatable bonds is 8. The molecule has 4 rings (SSSR count). The second-order valence-electron chi connectivity index (χ2n) is 10.0. The Kier molecular flexibility index (Phi) is 9.88. The molecule has 2 heterocycles. The molecule has 1 unspecified atom stereocenters. The van der Waals surface area contributed by atoms with E-state index in [0.717, 1.165) is 28.0 Å². The average molecular weight is 537 g/mol. The summed E-state index contributed by atoms with van der Waals surface area (Å²) in [6.07, 6.45) is 3.51. The Morgan fingerprint density at radius 3 is 2.55 bits per heavy atom. The molecule has 0 aliphatic rings. The Hall–Kier alpha value is -3.43. The SMILES string of the molecule is C=C(C)C(N)CO.CC(C)(C)c1cccc(Oc2ccc(Nc3ncnc4ccn(CCN)c34)cc2Cl)c1. The van der Waals surface area contributed by atoms with E-state index in [1.165, 1.54) is 5.56 Å². The number of anilines is 2. The maximum Gasteiger partial charge on any atom is 0.158 e. The third-order valence-electron chi connectivity index (χ3n) is 5.87. The molecule has 4 aromatic rings. The van der Waals surface area contributed by atoms with E-state index in [1.54, 1.807) is 13.3 Å². The summed E-state index contributed by atoms with van der Waals surface area (Å²) < 4.78 is 8.10. The van der Waals surface area contributed by atoms with Crippen LogP contribution in [-0.4, -0.2) is 38.8 Å². The lowest BCUT2D eigenvalue weighted by Gasteiger charge is -2.20. The quantitative estimate of drug-likeness (QED) is 0.211. The van der Waals surface area contributed by atoms with Crippen LogP contribution in [0.4, 0.5) is 11.5 Å². The summed E-state index contributed by atoms with van der Waals surface area (Å²) in [5.74, 6) is 2.05. The van der Waals surface area contributed by atoms with E-state index >= 15 is 0 Å². The van der Waals surface area contributed by atoms with Crippen LogP contribution in [0.15, 0.2) is 73.2 Å². The number of aliphatic hydroxyl groups is 1. The van der Waals surface area contributed by atoms with Crippen molar-refractivity contribution in [2.75, 3.05) is 18.5 Å². The molecule has 0 saturated carbocycles. The predicted molar refractivity (Wildman–Crippen MR) is 156 cm³/mol. The minimum atomic E-state index is -0.236. The van der Waals surface area contributed by atoms with Gasteiger partial charge >= 0.3 is 0 Å². The Balaban J connectivity index is 0.000000505. The summed E-state index contributed by atoms with van der Waals surface area (Å²) in [6, 6.07) is 15.4. The van der Waals surface area contributed by atoms with Crippen molar-refractivity contribution in [1.29, 1.82) is 0 Å². The summed E-state index contributed by atoms with van der Waals surface area (Å²) in [6.45, 7) is 13.1. The van der Waals surface area contributed by atoms with Crippen LogP contribution in [0.3, 0.4) is 0 Å². The molecule has 2 aromatic carbocycles. The van der Waals surface area contributed by atoms with Crippen molar-refractivity contribution >= 4 is 34.1 Å². The summed E-state index contributed by atoms with van der Waals surface area (Å²) in [5, 5.41) is 12.2. The molecule has 6 N–H and O–H groups in total. The molecule has 2 aromatic heterocycles. The second kappa shape index (κ2) is 12.9. The minimum Gasteiger partial charge on any atom is -0.456 e. The molecule has 0 aliphatic heterocycles. The Bertz CT molecular complexity index is 1380. The van der Waals surface area contributed by atoms with Gasteiger partial charge < -0.3 is 31.2 Å². The van der Waals surface area contributed by atoms with Crippen molar-refractivity contribution < 1.29 is 9.84 Å². The van der Waals surface area contributed by atoms with Gasteiger partial charge in [-0.15, -0.1) is 0 Å². The number of benzene rings is 2. The molecular weight excluding hydrogens is 500 g/mol. The van der Waals surface area contributed by atoms with Gasteiger partial charge in [-0.3, -0.25) is 0 Å². The molecule has 0 aliphatic carbocycles. The minimum absolute atomic E-state index is 0.00463. The van der Waals surface area contributed by atoms with Crippen LogP contribution in [0, 0.1) is 0 Å². The number of ether oxygens (including phenoxy) is 1. The maximum atomic E-state index is 8.32. The topological polar surface area (TPSA) is 124 Å². The number of nitrogens with one attached hydrogen (secondary N) is 1. The van der Waals surface area contributed by atoms with Crippen molar-refractivity contribution in [3.8, 4) is 11.5 Å². The highest BCUT2D eigenvalue weighted by Gasteiger charge is 2.15. The number of halogens is 1. The van der Waals surface area contributed by atoms with Crippen LogP contribution < -0.4 is 21.5 Å². The van der Waals surface area contributed by atoms with E-state index in [0.29, 0.717) is 29.7 Å². The molecule has 38 heavy (non-hydrogen) atoms. The number of nitrogens with two attached hydrogens (primary N) is 2. The summed E-state index contributed by atoms with van der Waals surface area (Å²) in [7, 11) is 0. The van der Waals surface area contributed by atoms with E-state index in [9.17, 15) is 0 Å². The van der Waals surface area contributed by atoms with Crippen molar-refractivity contribution in [2.45, 2.75) is 45.7 Å². The molecule has 0 bridgehead atoms. The second-order valence-corrected chi connectivity index (χ2v) is 10.4. The van der Waals surface area contributed by atoms with Gasteiger partial charge in [0.2, 0.25) is 0 Å². The smallest absolute Gasteiger partial charge is 0.158 e. The first-order valence-corrected chi connectivity index (χ1v) is 12.8. The standard InChI is InChI=1S/C24H26ClN5O.C5H11NO/c1-24(2,3)16-5-4-6-18(13-16)31-21-8-7-17(14-19(21)25)29-23-22-20(27-15-28-23)9-11-30(22)12-10-26;1-4(2)5(6)3-7/h4-9,11,13-15H,10,12,26H2,1-3H3,(H,27,28,29);5,7H,1,3,6H2,2H3. The van der Waals surface area contributed by atoms with Gasteiger partial charge in [0.15, 0.2) is 5.82 Å². The van der Waals surface area contributed by atoms with Crippen molar-refractivity contribution in [3.63, 3.8) is 0 Å². The fourth-order valence-corrected chi connectivity index (χ4v) is 3.78. The first-order valence-electron chi connectivity index (χ1n) is 12.4. The molecule has 1 atom stereocenters. The monoisotopic (exact) mass is 536 g/mol. The van der Waals surface area contributed by atoms with E-state index < -0.39 is 0 Å². The molecule has 8 nitrogen and oxygen atoms in total. The van der Waals surface area contributed by atoms with Gasteiger partial charge in [0, 0.05) is 31.0 Å². The summed E-state index contributed by atoms with van der Waals surface area (Å²) >= 11 is 6.53. The zero-order valence-electron chi connectivity index (χ0n) is 22.4. The predicted octanol–water partition coefficient (Wildman–Crippen LogP) is 5.76. The van der Waals surface area contributed by atoms with Gasteiger partial charge in [-0.1, -0.05) is 56.7 Å². The van der Waals surface area contributed by atoms with Crippen molar-refractivity contribution in [2.24, 2.45) is 11.5 Å². The highest BCUT2D eigenvalue weighted by molar-refractivity contribution is 6.32. The van der Waals surface area contributed by atoms with E-state index in [2.05, 4.69) is 48.7 Å². The van der Waals surface area contributed by atoms with E-state index in [4.69, 9.17) is 32.9 Å². The van der Waals surface area contributed by atoms with Gasteiger partial charge in [0.25, 0.3) is 0 Å². The lowest BCUT2D eigenvalue weighted by Crippen LogP contribution is -2.24. The van der Waals surface area contributed by atoms with Gasteiger partial charge in [-0.05, 0) is 54.3 Å². The van der Waals surface area contributed by atoms with E-state index in [-0.39, 0.29) is 18.1 Å². The fraction of sp³-hybridized carbons (Fsp3) is 0.310. The van der Waals surface area contributed by atoms with Crippen LogP contribution in [-0.2, 0) is 12.0 Å². The van der Waals surface area contributed by atoms with Crippen LogP contribution in [0.2, 0.25) is 5.02 Å². The number of aromatic nitrogens is 3. The third-order valence-corrected chi connectivity index (χ3v) is 6.17. The first kappa shape index (κ1) is 29.1. The largest absolute Gasteiger partial charge is 0.456 e. The van der Waals surface area contributed by atoms with Gasteiger partial charge in [0.1, 0.15) is 23.3 Å². The lowest BCUT2D eigenvalue weighted by atomic mass is 9.87. The molecule has 0 fully saturated rings. The lowest BCUT2D eigenvalue weighted by molar-refractivity contribution is 0.279. The number of hydrogen-bond acceptors (Lipinski definition) is 7. The number of aliphatic hydroxyl groups excluding tert-OH is 1. The normalized spacial score (nSPS) is 12.0. The third kappa shape index (κ3) is 7.55. The molecule has 0 spiro atoms. The molecular formula is C29H37ClN6O2.